The van der Waals surface area contributed by atoms with Crippen molar-refractivity contribution in [2.75, 3.05) is 0 Å². The van der Waals surface area contributed by atoms with Crippen LogP contribution in [-0.4, -0.2) is 29.1 Å². The number of hydrogen-bond donors (Lipinski definition) is 1. The molecule has 2 rings (SSSR count). The van der Waals surface area contributed by atoms with Gasteiger partial charge in [-0.2, -0.15) is 0 Å². The number of rotatable bonds is 7. The number of carbonyl (C=O) groups excluding carboxylic acids is 2. The third kappa shape index (κ3) is 5.09. The Balaban J connectivity index is 2.09. The van der Waals surface area contributed by atoms with Crippen molar-refractivity contribution < 1.29 is 24.2 Å². The van der Waals surface area contributed by atoms with Gasteiger partial charge in [0, 0.05) is 25.3 Å². The highest BCUT2D eigenvalue weighted by molar-refractivity contribution is 9.10. The average molecular weight is 397 g/mol. The van der Waals surface area contributed by atoms with E-state index < -0.39 is 0 Å². The lowest BCUT2D eigenvalue weighted by Crippen LogP contribution is -2.19. The first-order valence-corrected chi connectivity index (χ1v) is 8.68. The Hall–Kier alpha value is -1.82. The van der Waals surface area contributed by atoms with E-state index in [2.05, 4.69) is 15.9 Å². The number of phenols is 1. The first-order valence-electron chi connectivity index (χ1n) is 7.88. The second kappa shape index (κ2) is 8.33. The second-order valence-corrected chi connectivity index (χ2v) is 6.71. The molecule has 1 aliphatic rings. The molecule has 1 aromatic rings. The van der Waals surface area contributed by atoms with Crippen molar-refractivity contribution in [3.63, 3.8) is 0 Å². The van der Waals surface area contributed by atoms with Gasteiger partial charge in [0.1, 0.15) is 29.5 Å². The smallest absolute Gasteiger partial charge is 0.303 e. The van der Waals surface area contributed by atoms with E-state index in [0.29, 0.717) is 37.0 Å². The van der Waals surface area contributed by atoms with Crippen molar-refractivity contribution in [2.45, 2.75) is 51.7 Å². The quantitative estimate of drug-likeness (QED) is 0.561. The first-order chi connectivity index (χ1) is 11.4. The molecular weight excluding hydrogens is 376 g/mol. The van der Waals surface area contributed by atoms with Crippen LogP contribution in [0.1, 0.15) is 38.7 Å². The van der Waals surface area contributed by atoms with Gasteiger partial charge in [-0.1, -0.05) is 0 Å². The molecule has 24 heavy (non-hydrogen) atoms. The monoisotopic (exact) mass is 396 g/mol. The number of esters is 1. The molecular formula is C18H21BrO5. The van der Waals surface area contributed by atoms with E-state index in [0.717, 1.165) is 4.47 Å². The molecule has 0 heterocycles. The van der Waals surface area contributed by atoms with Crippen LogP contribution >= 0.6 is 15.9 Å². The second-order valence-electron chi connectivity index (χ2n) is 5.85. The van der Waals surface area contributed by atoms with Crippen LogP contribution < -0.4 is 4.74 Å². The SMILES string of the molecule is CC(=O)CCCc1c(O)ccc(Br)c1OC1C=C[C@H](OC(C)=O)C1. The van der Waals surface area contributed by atoms with Crippen LogP contribution in [-0.2, 0) is 20.7 Å². The van der Waals surface area contributed by atoms with Crippen LogP contribution in [0.4, 0.5) is 0 Å². The highest BCUT2D eigenvalue weighted by atomic mass is 79.9. The first kappa shape index (κ1) is 18.5. The molecule has 0 amide bonds. The van der Waals surface area contributed by atoms with Gasteiger partial charge in [-0.3, -0.25) is 4.79 Å². The van der Waals surface area contributed by atoms with E-state index in [1.807, 2.05) is 6.08 Å². The van der Waals surface area contributed by atoms with Crippen LogP contribution in [0.15, 0.2) is 28.8 Å². The van der Waals surface area contributed by atoms with Crippen LogP contribution in [0.25, 0.3) is 0 Å². The molecule has 6 heteroatoms. The predicted molar refractivity (Wildman–Crippen MR) is 93.2 cm³/mol. The van der Waals surface area contributed by atoms with Gasteiger partial charge in [0.05, 0.1) is 4.47 Å². The van der Waals surface area contributed by atoms with Crippen molar-refractivity contribution in [3.05, 3.63) is 34.3 Å². The Labute approximate surface area is 149 Å². The molecule has 1 unspecified atom stereocenters. The molecule has 1 aliphatic carbocycles. The number of halogens is 1. The number of hydrogen-bond acceptors (Lipinski definition) is 5. The standard InChI is InChI=1S/C18H21BrO5/c1-11(20)4-3-5-15-17(22)9-8-16(19)18(15)24-14-7-6-13(10-14)23-12(2)21/h6-9,13-14,22H,3-5,10H2,1-2H3/t13-,14?/m0/s1. The lowest BCUT2D eigenvalue weighted by Gasteiger charge is -2.19. The van der Waals surface area contributed by atoms with E-state index in [1.165, 1.54) is 6.92 Å². The van der Waals surface area contributed by atoms with E-state index in [4.69, 9.17) is 9.47 Å². The number of ketones is 1. The molecule has 0 saturated carbocycles. The molecule has 0 spiro atoms. The predicted octanol–water partition coefficient (Wildman–Crippen LogP) is 3.71. The summed E-state index contributed by atoms with van der Waals surface area (Å²) in [5.41, 5.74) is 0.676. The molecule has 1 aromatic carbocycles. The zero-order chi connectivity index (χ0) is 17.7. The fourth-order valence-electron chi connectivity index (χ4n) is 2.65. The Morgan fingerprint density at radius 3 is 2.62 bits per heavy atom. The highest BCUT2D eigenvalue weighted by Crippen LogP contribution is 2.38. The van der Waals surface area contributed by atoms with Gasteiger partial charge in [0.15, 0.2) is 0 Å². The number of Topliss-reactive ketones (excluding diaryl/α,β-unsaturated/α-hetero) is 1. The van der Waals surface area contributed by atoms with E-state index >= 15 is 0 Å². The molecule has 0 saturated heterocycles. The van der Waals surface area contributed by atoms with Gasteiger partial charge >= 0.3 is 5.97 Å². The van der Waals surface area contributed by atoms with E-state index in [1.54, 1.807) is 25.1 Å². The normalized spacial score (nSPS) is 19.3. The Kier molecular flexibility index (Phi) is 6.43. The minimum atomic E-state index is -0.325. The van der Waals surface area contributed by atoms with Crippen molar-refractivity contribution in [1.29, 1.82) is 0 Å². The number of benzene rings is 1. The molecule has 5 nitrogen and oxygen atoms in total. The fraction of sp³-hybridized carbons (Fsp3) is 0.444. The molecule has 0 aliphatic heterocycles. The van der Waals surface area contributed by atoms with Gasteiger partial charge in [-0.15, -0.1) is 0 Å². The maximum absolute atomic E-state index is 11.1. The minimum Gasteiger partial charge on any atom is -0.508 e. The molecule has 1 N–H and O–H groups in total. The van der Waals surface area contributed by atoms with Gasteiger partial charge in [0.2, 0.25) is 0 Å². The molecule has 130 valence electrons. The largest absolute Gasteiger partial charge is 0.508 e. The van der Waals surface area contributed by atoms with Crippen molar-refractivity contribution >= 4 is 27.7 Å². The number of phenolic OH excluding ortho intramolecular Hbond substituents is 1. The van der Waals surface area contributed by atoms with Crippen LogP contribution in [0.5, 0.6) is 11.5 Å². The number of ether oxygens (including phenoxy) is 2. The van der Waals surface area contributed by atoms with E-state index in [9.17, 15) is 14.7 Å². The molecule has 0 aromatic heterocycles. The summed E-state index contributed by atoms with van der Waals surface area (Å²) in [7, 11) is 0. The summed E-state index contributed by atoms with van der Waals surface area (Å²) in [5, 5.41) is 10.2. The van der Waals surface area contributed by atoms with Gasteiger partial charge in [-0.25, -0.2) is 0 Å². The molecule has 0 radical (unpaired) electrons. The summed E-state index contributed by atoms with van der Waals surface area (Å²) >= 11 is 3.45. The summed E-state index contributed by atoms with van der Waals surface area (Å²) in [4.78, 5) is 22.1. The lowest BCUT2D eigenvalue weighted by molar-refractivity contribution is -0.144. The van der Waals surface area contributed by atoms with Crippen LogP contribution in [0, 0.1) is 0 Å². The van der Waals surface area contributed by atoms with Crippen molar-refractivity contribution in [1.82, 2.24) is 0 Å². The third-order valence-electron chi connectivity index (χ3n) is 3.73. The Morgan fingerprint density at radius 2 is 1.96 bits per heavy atom. The maximum Gasteiger partial charge on any atom is 0.303 e. The summed E-state index contributed by atoms with van der Waals surface area (Å²) in [6.45, 7) is 2.93. The fourth-order valence-corrected chi connectivity index (χ4v) is 3.11. The van der Waals surface area contributed by atoms with Gasteiger partial charge in [0.25, 0.3) is 0 Å². The zero-order valence-electron chi connectivity index (χ0n) is 13.8. The van der Waals surface area contributed by atoms with Crippen LogP contribution in [0.2, 0.25) is 0 Å². The number of carbonyl (C=O) groups is 2. The summed E-state index contributed by atoms with van der Waals surface area (Å²) in [5.74, 6) is 0.510. The summed E-state index contributed by atoms with van der Waals surface area (Å²) in [6, 6.07) is 3.33. The van der Waals surface area contributed by atoms with Crippen LogP contribution in [0.3, 0.4) is 0 Å². The summed E-state index contributed by atoms with van der Waals surface area (Å²) in [6.07, 6.45) is 5.32. The summed E-state index contributed by atoms with van der Waals surface area (Å²) < 4.78 is 11.9. The maximum atomic E-state index is 11.1. The molecule has 0 fully saturated rings. The highest BCUT2D eigenvalue weighted by Gasteiger charge is 2.24. The van der Waals surface area contributed by atoms with Crippen molar-refractivity contribution in [3.8, 4) is 11.5 Å². The van der Waals surface area contributed by atoms with Gasteiger partial charge < -0.3 is 19.4 Å². The Morgan fingerprint density at radius 1 is 1.25 bits per heavy atom. The zero-order valence-corrected chi connectivity index (χ0v) is 15.3. The Bertz CT molecular complexity index is 653. The molecule has 2 atom stereocenters. The average Bonchev–Trinajstić information content (AvgIpc) is 2.92. The number of aromatic hydroxyl groups is 1. The molecule has 0 bridgehead atoms. The lowest BCUT2D eigenvalue weighted by atomic mass is 10.0. The van der Waals surface area contributed by atoms with E-state index in [-0.39, 0.29) is 29.7 Å². The van der Waals surface area contributed by atoms with Gasteiger partial charge in [-0.05, 0) is 60.0 Å². The third-order valence-corrected chi connectivity index (χ3v) is 4.36. The topological polar surface area (TPSA) is 72.8 Å². The minimum absolute atomic E-state index is 0.120. The van der Waals surface area contributed by atoms with Crippen molar-refractivity contribution in [2.24, 2.45) is 0 Å².